The number of fused-ring (bicyclic) bond motifs is 1. The number of anilines is 1. The Hall–Kier alpha value is -2.74. The van der Waals surface area contributed by atoms with E-state index in [1.54, 1.807) is 31.1 Å². The summed E-state index contributed by atoms with van der Waals surface area (Å²) in [7, 11) is 3.38. The lowest BCUT2D eigenvalue weighted by atomic mass is 10.0. The summed E-state index contributed by atoms with van der Waals surface area (Å²) in [6.45, 7) is 2.52. The van der Waals surface area contributed by atoms with Crippen LogP contribution in [-0.4, -0.2) is 42.6 Å². The lowest BCUT2D eigenvalue weighted by Crippen LogP contribution is -2.47. The maximum Gasteiger partial charge on any atom is 0.293 e. The molecule has 0 amide bonds. The van der Waals surface area contributed by atoms with Crippen molar-refractivity contribution in [2.24, 2.45) is 7.05 Å². The molecule has 2 aromatic rings. The van der Waals surface area contributed by atoms with Crippen molar-refractivity contribution in [3.8, 4) is 17.2 Å². The van der Waals surface area contributed by atoms with Crippen LogP contribution in [0.15, 0.2) is 29.3 Å². The van der Waals surface area contributed by atoms with Crippen molar-refractivity contribution in [1.29, 1.82) is 0 Å². The summed E-state index contributed by atoms with van der Waals surface area (Å²) in [6.07, 6.45) is 5.43. The molecule has 2 aliphatic heterocycles. The predicted octanol–water partition coefficient (Wildman–Crippen LogP) is 1.28. The Morgan fingerprint density at radius 3 is 3.11 bits per heavy atom. The van der Waals surface area contributed by atoms with Crippen LogP contribution in [0.4, 0.5) is 5.82 Å². The number of nitrogens with zero attached hydrogens (tertiary/aromatic N) is 3. The van der Waals surface area contributed by atoms with Crippen LogP contribution in [0.5, 0.6) is 17.2 Å². The van der Waals surface area contributed by atoms with Crippen LogP contribution in [-0.2, 0) is 13.6 Å². The Bertz CT molecular complexity index is 882. The van der Waals surface area contributed by atoms with Gasteiger partial charge in [-0.1, -0.05) is 0 Å². The first-order chi connectivity index (χ1) is 13.2. The summed E-state index contributed by atoms with van der Waals surface area (Å²) in [5, 5.41) is 3.58. The fourth-order valence-electron chi connectivity index (χ4n) is 3.59. The number of hydrogen-bond donors (Lipinski definition) is 1. The van der Waals surface area contributed by atoms with E-state index < -0.39 is 0 Å². The molecule has 1 unspecified atom stereocenters. The molecule has 1 aromatic heterocycles. The predicted molar refractivity (Wildman–Crippen MR) is 101 cm³/mol. The van der Waals surface area contributed by atoms with Gasteiger partial charge in [0.1, 0.15) is 0 Å². The first kappa shape index (κ1) is 17.7. The third-order valence-corrected chi connectivity index (χ3v) is 5.03. The van der Waals surface area contributed by atoms with Gasteiger partial charge in [-0.3, -0.25) is 4.79 Å². The molecule has 0 bridgehead atoms. The van der Waals surface area contributed by atoms with E-state index in [0.717, 1.165) is 31.5 Å². The molecule has 4 rings (SSSR count). The van der Waals surface area contributed by atoms with Crippen LogP contribution in [0.2, 0.25) is 0 Å². The third-order valence-electron chi connectivity index (χ3n) is 5.03. The molecule has 0 saturated carbocycles. The molecule has 0 spiro atoms. The van der Waals surface area contributed by atoms with Gasteiger partial charge in [0, 0.05) is 45.1 Å². The molecule has 2 aliphatic rings. The lowest BCUT2D eigenvalue weighted by molar-refractivity contribution is 0.171. The van der Waals surface area contributed by atoms with Gasteiger partial charge in [-0.05, 0) is 30.5 Å². The zero-order chi connectivity index (χ0) is 18.8. The molecule has 1 saturated heterocycles. The maximum atomic E-state index is 12.3. The molecule has 27 heavy (non-hydrogen) atoms. The van der Waals surface area contributed by atoms with Gasteiger partial charge in [0.25, 0.3) is 5.56 Å². The fraction of sp³-hybridized carbons (Fsp3) is 0.474. The average molecular weight is 372 g/mol. The largest absolute Gasteiger partial charge is 0.493 e. The second-order valence-corrected chi connectivity index (χ2v) is 6.86. The Morgan fingerprint density at radius 1 is 1.37 bits per heavy atom. The number of aryl methyl sites for hydroxylation is 1. The van der Waals surface area contributed by atoms with Crippen molar-refractivity contribution in [2.45, 2.75) is 25.4 Å². The van der Waals surface area contributed by atoms with Crippen LogP contribution < -0.4 is 30.0 Å². The van der Waals surface area contributed by atoms with Gasteiger partial charge < -0.3 is 29.0 Å². The Kier molecular flexibility index (Phi) is 4.89. The van der Waals surface area contributed by atoms with E-state index in [9.17, 15) is 4.79 Å². The number of aromatic nitrogens is 2. The number of rotatable bonds is 5. The minimum atomic E-state index is -0.0568. The molecule has 8 nitrogen and oxygen atoms in total. The SMILES string of the molecule is COc1cc(CNC2CCCN(c3nccn(C)c3=O)C2)cc2c1OCO2. The highest BCUT2D eigenvalue weighted by atomic mass is 16.7. The van der Waals surface area contributed by atoms with Gasteiger partial charge in [-0.25, -0.2) is 4.98 Å². The quantitative estimate of drug-likeness (QED) is 0.847. The van der Waals surface area contributed by atoms with E-state index in [1.807, 2.05) is 12.1 Å². The Labute approximate surface area is 157 Å². The zero-order valence-corrected chi connectivity index (χ0v) is 15.6. The summed E-state index contributed by atoms with van der Waals surface area (Å²) >= 11 is 0. The minimum Gasteiger partial charge on any atom is -0.493 e. The van der Waals surface area contributed by atoms with Crippen LogP contribution >= 0.6 is 0 Å². The monoisotopic (exact) mass is 372 g/mol. The van der Waals surface area contributed by atoms with Gasteiger partial charge >= 0.3 is 0 Å². The number of piperidine rings is 1. The first-order valence-electron chi connectivity index (χ1n) is 9.12. The lowest BCUT2D eigenvalue weighted by Gasteiger charge is -2.33. The van der Waals surface area contributed by atoms with E-state index in [0.29, 0.717) is 29.6 Å². The van der Waals surface area contributed by atoms with Gasteiger partial charge in [-0.15, -0.1) is 0 Å². The highest BCUT2D eigenvalue weighted by Crippen LogP contribution is 2.41. The first-order valence-corrected chi connectivity index (χ1v) is 9.12. The van der Waals surface area contributed by atoms with Gasteiger partial charge in [0.15, 0.2) is 17.3 Å². The van der Waals surface area contributed by atoms with Crippen molar-refractivity contribution in [2.75, 3.05) is 31.9 Å². The number of hydrogen-bond acceptors (Lipinski definition) is 7. The molecular weight excluding hydrogens is 348 g/mol. The van der Waals surface area contributed by atoms with Crippen molar-refractivity contribution < 1.29 is 14.2 Å². The zero-order valence-electron chi connectivity index (χ0n) is 15.6. The average Bonchev–Trinajstić information content (AvgIpc) is 3.17. The van der Waals surface area contributed by atoms with Gasteiger partial charge in [0.2, 0.25) is 12.5 Å². The van der Waals surface area contributed by atoms with Crippen LogP contribution in [0, 0.1) is 0 Å². The molecule has 144 valence electrons. The summed E-state index contributed by atoms with van der Waals surface area (Å²) in [6, 6.07) is 4.23. The Morgan fingerprint density at radius 2 is 2.26 bits per heavy atom. The minimum absolute atomic E-state index is 0.0568. The summed E-state index contributed by atoms with van der Waals surface area (Å²) in [4.78, 5) is 18.7. The number of methoxy groups -OCH3 is 1. The Balaban J connectivity index is 1.43. The van der Waals surface area contributed by atoms with E-state index in [4.69, 9.17) is 14.2 Å². The van der Waals surface area contributed by atoms with Gasteiger partial charge in [0.05, 0.1) is 7.11 Å². The standard InChI is InChI=1S/C19H24N4O4/c1-22-7-5-20-18(19(22)24)23-6-3-4-14(11-23)21-10-13-8-15(25-2)17-16(9-13)26-12-27-17/h5,7-9,14,21H,3-4,6,10-12H2,1-2H3. The molecule has 8 heteroatoms. The molecule has 1 aromatic carbocycles. The normalized spacial score (nSPS) is 18.6. The van der Waals surface area contributed by atoms with E-state index in [-0.39, 0.29) is 18.4 Å². The van der Waals surface area contributed by atoms with Crippen LogP contribution in [0.25, 0.3) is 0 Å². The van der Waals surface area contributed by atoms with Crippen LogP contribution in [0.1, 0.15) is 18.4 Å². The highest BCUT2D eigenvalue weighted by Gasteiger charge is 2.24. The molecule has 1 fully saturated rings. The van der Waals surface area contributed by atoms with E-state index in [2.05, 4.69) is 15.2 Å². The van der Waals surface area contributed by atoms with Crippen molar-refractivity contribution in [3.05, 3.63) is 40.4 Å². The molecule has 0 aliphatic carbocycles. The van der Waals surface area contributed by atoms with E-state index in [1.165, 1.54) is 0 Å². The summed E-state index contributed by atoms with van der Waals surface area (Å²) in [5.74, 6) is 2.59. The van der Waals surface area contributed by atoms with Crippen LogP contribution in [0.3, 0.4) is 0 Å². The van der Waals surface area contributed by atoms with Crippen molar-refractivity contribution in [1.82, 2.24) is 14.9 Å². The molecular formula is C19H24N4O4. The van der Waals surface area contributed by atoms with Crippen molar-refractivity contribution in [3.63, 3.8) is 0 Å². The summed E-state index contributed by atoms with van der Waals surface area (Å²) in [5.41, 5.74) is 1.01. The number of ether oxygens (including phenoxy) is 3. The second-order valence-electron chi connectivity index (χ2n) is 6.86. The smallest absolute Gasteiger partial charge is 0.293 e. The molecule has 1 N–H and O–H groups in total. The molecule has 3 heterocycles. The van der Waals surface area contributed by atoms with Gasteiger partial charge in [-0.2, -0.15) is 0 Å². The fourth-order valence-corrected chi connectivity index (χ4v) is 3.59. The third kappa shape index (κ3) is 3.57. The highest BCUT2D eigenvalue weighted by molar-refractivity contribution is 5.55. The molecule has 0 radical (unpaired) electrons. The topological polar surface area (TPSA) is 77.9 Å². The molecule has 1 atom stereocenters. The number of nitrogens with one attached hydrogen (secondary N) is 1. The maximum absolute atomic E-state index is 12.3. The second kappa shape index (κ2) is 7.48. The van der Waals surface area contributed by atoms with E-state index >= 15 is 0 Å². The van der Waals surface area contributed by atoms with Crippen molar-refractivity contribution >= 4 is 5.82 Å². The number of benzene rings is 1. The summed E-state index contributed by atoms with van der Waals surface area (Å²) < 4.78 is 17.9.